The van der Waals surface area contributed by atoms with Crippen LogP contribution >= 0.6 is 0 Å². The molecule has 0 unspecified atom stereocenters. The molecular weight excluding hydrogens is 328 g/mol. The summed E-state index contributed by atoms with van der Waals surface area (Å²) in [5.74, 6) is -0.120. The van der Waals surface area contributed by atoms with Gasteiger partial charge >= 0.3 is 0 Å². The molecule has 0 fully saturated rings. The van der Waals surface area contributed by atoms with Gasteiger partial charge in [-0.15, -0.1) is 0 Å². The molecule has 26 heavy (non-hydrogen) atoms. The Morgan fingerprint density at radius 3 is 2.38 bits per heavy atom. The monoisotopic (exact) mass is 352 g/mol. The molecule has 0 bridgehead atoms. The van der Waals surface area contributed by atoms with E-state index in [1.165, 1.54) is 6.33 Å². The summed E-state index contributed by atoms with van der Waals surface area (Å²) in [7, 11) is 0. The zero-order valence-corrected chi connectivity index (χ0v) is 15.8. The molecule has 1 aromatic carbocycles. The van der Waals surface area contributed by atoms with Gasteiger partial charge in [-0.2, -0.15) is 10.2 Å². The minimum absolute atomic E-state index is 0.120. The average molecular weight is 352 g/mol. The number of benzene rings is 1. The molecule has 136 valence electrons. The molecule has 0 radical (unpaired) electrons. The van der Waals surface area contributed by atoms with Gasteiger partial charge in [-0.25, -0.2) is 9.67 Å². The second-order valence-corrected chi connectivity index (χ2v) is 7.35. The SMILES string of the molecule is Cc1c(C(=O)N[C@H](C)c2ccc(-n3cncn3)cc2)cnn1C(C)(C)C. The van der Waals surface area contributed by atoms with Gasteiger partial charge in [-0.3, -0.25) is 9.48 Å². The van der Waals surface area contributed by atoms with Crippen molar-refractivity contribution in [2.45, 2.75) is 46.2 Å². The summed E-state index contributed by atoms with van der Waals surface area (Å²) in [6.07, 6.45) is 4.78. The highest BCUT2D eigenvalue weighted by molar-refractivity contribution is 5.95. The van der Waals surface area contributed by atoms with Crippen molar-refractivity contribution in [3.8, 4) is 5.69 Å². The Morgan fingerprint density at radius 2 is 1.85 bits per heavy atom. The molecule has 0 saturated heterocycles. The van der Waals surface area contributed by atoms with Crippen LogP contribution in [0.4, 0.5) is 0 Å². The molecule has 2 aromatic heterocycles. The van der Waals surface area contributed by atoms with Crippen LogP contribution in [-0.4, -0.2) is 30.5 Å². The minimum atomic E-state index is -0.161. The maximum absolute atomic E-state index is 12.7. The predicted octanol–water partition coefficient (Wildman–Crippen LogP) is 3.02. The molecule has 1 N–H and O–H groups in total. The van der Waals surface area contributed by atoms with Crippen molar-refractivity contribution in [3.63, 3.8) is 0 Å². The van der Waals surface area contributed by atoms with E-state index < -0.39 is 0 Å². The van der Waals surface area contributed by atoms with Crippen molar-refractivity contribution < 1.29 is 4.79 Å². The minimum Gasteiger partial charge on any atom is -0.345 e. The summed E-state index contributed by atoms with van der Waals surface area (Å²) in [4.78, 5) is 16.6. The summed E-state index contributed by atoms with van der Waals surface area (Å²) in [6.45, 7) is 10.1. The number of amides is 1. The van der Waals surface area contributed by atoms with E-state index in [1.54, 1.807) is 17.2 Å². The van der Waals surface area contributed by atoms with Crippen LogP contribution < -0.4 is 5.32 Å². The van der Waals surface area contributed by atoms with Gasteiger partial charge in [0.15, 0.2) is 0 Å². The molecule has 0 spiro atoms. The lowest BCUT2D eigenvalue weighted by molar-refractivity contribution is 0.0939. The molecule has 1 atom stereocenters. The van der Waals surface area contributed by atoms with Crippen molar-refractivity contribution in [1.29, 1.82) is 0 Å². The Labute approximate surface area is 153 Å². The van der Waals surface area contributed by atoms with Gasteiger partial charge in [0.05, 0.1) is 29.0 Å². The molecule has 0 aliphatic rings. The summed E-state index contributed by atoms with van der Waals surface area (Å²) in [5.41, 5.74) is 3.25. The Balaban J connectivity index is 1.73. The van der Waals surface area contributed by atoms with Gasteiger partial charge in [0.1, 0.15) is 12.7 Å². The fourth-order valence-corrected chi connectivity index (χ4v) is 2.92. The Bertz CT molecular complexity index is 887. The largest absolute Gasteiger partial charge is 0.345 e. The lowest BCUT2D eigenvalue weighted by atomic mass is 10.1. The molecule has 0 aliphatic carbocycles. The highest BCUT2D eigenvalue weighted by atomic mass is 16.1. The molecule has 7 nitrogen and oxygen atoms in total. The standard InChI is InChI=1S/C19H24N6O/c1-13(15-6-8-16(9-7-15)24-12-20-11-22-24)23-18(26)17-10-21-25(14(17)2)19(3,4)5/h6-13H,1-5H3,(H,23,26)/t13-/m1/s1. The van der Waals surface area contributed by atoms with E-state index in [0.29, 0.717) is 5.56 Å². The first kappa shape index (κ1) is 17.8. The highest BCUT2D eigenvalue weighted by Gasteiger charge is 2.22. The fraction of sp³-hybridized carbons (Fsp3) is 0.368. The second kappa shape index (κ2) is 6.74. The summed E-state index contributed by atoms with van der Waals surface area (Å²) >= 11 is 0. The normalized spacial score (nSPS) is 12.8. The zero-order valence-electron chi connectivity index (χ0n) is 15.8. The highest BCUT2D eigenvalue weighted by Crippen LogP contribution is 2.20. The van der Waals surface area contributed by atoms with Crippen molar-refractivity contribution in [1.82, 2.24) is 29.9 Å². The quantitative estimate of drug-likeness (QED) is 0.783. The molecule has 1 amide bonds. The van der Waals surface area contributed by atoms with Gasteiger partial charge in [0, 0.05) is 5.69 Å². The Hall–Kier alpha value is -2.96. The lowest BCUT2D eigenvalue weighted by Gasteiger charge is -2.21. The number of carbonyl (C=O) groups excluding carboxylic acids is 1. The third kappa shape index (κ3) is 3.51. The van der Waals surface area contributed by atoms with Crippen LogP contribution in [0.3, 0.4) is 0 Å². The van der Waals surface area contributed by atoms with Crippen molar-refractivity contribution in [2.24, 2.45) is 0 Å². The second-order valence-electron chi connectivity index (χ2n) is 7.35. The zero-order chi connectivity index (χ0) is 18.9. The summed E-state index contributed by atoms with van der Waals surface area (Å²) in [6, 6.07) is 7.75. The maximum atomic E-state index is 12.7. The Morgan fingerprint density at radius 1 is 1.15 bits per heavy atom. The number of nitrogens with one attached hydrogen (secondary N) is 1. The number of hydrogen-bond acceptors (Lipinski definition) is 4. The number of hydrogen-bond donors (Lipinski definition) is 1. The lowest BCUT2D eigenvalue weighted by Crippen LogP contribution is -2.28. The van der Waals surface area contributed by atoms with Crippen LogP contribution in [-0.2, 0) is 5.54 Å². The van der Waals surface area contributed by atoms with Crippen LogP contribution in [0.2, 0.25) is 0 Å². The van der Waals surface area contributed by atoms with Gasteiger partial charge in [0.2, 0.25) is 0 Å². The van der Waals surface area contributed by atoms with E-state index in [4.69, 9.17) is 0 Å². The summed E-state index contributed by atoms with van der Waals surface area (Å²) < 4.78 is 3.57. The Kier molecular flexibility index (Phi) is 4.63. The molecule has 0 saturated carbocycles. The third-order valence-electron chi connectivity index (χ3n) is 4.31. The van der Waals surface area contributed by atoms with Crippen molar-refractivity contribution >= 4 is 5.91 Å². The molecule has 0 aliphatic heterocycles. The van der Waals surface area contributed by atoms with Crippen LogP contribution in [0.15, 0.2) is 43.1 Å². The van der Waals surface area contributed by atoms with E-state index in [-0.39, 0.29) is 17.5 Å². The average Bonchev–Trinajstić information content (AvgIpc) is 3.23. The first-order valence-corrected chi connectivity index (χ1v) is 8.58. The molecule has 7 heteroatoms. The number of carbonyl (C=O) groups is 1. The van der Waals surface area contributed by atoms with Crippen LogP contribution in [0.5, 0.6) is 0 Å². The van der Waals surface area contributed by atoms with E-state index in [9.17, 15) is 4.79 Å². The van der Waals surface area contributed by atoms with Gasteiger partial charge in [-0.05, 0) is 52.3 Å². The van der Waals surface area contributed by atoms with Crippen LogP contribution in [0.25, 0.3) is 5.69 Å². The fourth-order valence-electron chi connectivity index (χ4n) is 2.92. The summed E-state index contributed by atoms with van der Waals surface area (Å²) in [5, 5.41) is 11.5. The number of aromatic nitrogens is 5. The third-order valence-corrected chi connectivity index (χ3v) is 4.31. The van der Waals surface area contributed by atoms with Crippen molar-refractivity contribution in [3.05, 3.63) is 59.9 Å². The molecule has 3 rings (SSSR count). The number of rotatable bonds is 4. The molecular formula is C19H24N6O. The first-order chi connectivity index (χ1) is 12.3. The van der Waals surface area contributed by atoms with E-state index in [1.807, 2.05) is 42.8 Å². The van der Waals surface area contributed by atoms with Gasteiger partial charge < -0.3 is 5.32 Å². The van der Waals surface area contributed by atoms with Crippen LogP contribution in [0, 0.1) is 6.92 Å². The molecule has 3 aromatic rings. The molecule has 2 heterocycles. The van der Waals surface area contributed by atoms with Gasteiger partial charge in [0.25, 0.3) is 5.91 Å². The smallest absolute Gasteiger partial charge is 0.255 e. The van der Waals surface area contributed by atoms with Gasteiger partial charge in [-0.1, -0.05) is 12.1 Å². The first-order valence-electron chi connectivity index (χ1n) is 8.58. The van der Waals surface area contributed by atoms with E-state index in [0.717, 1.165) is 16.9 Å². The van der Waals surface area contributed by atoms with E-state index >= 15 is 0 Å². The maximum Gasteiger partial charge on any atom is 0.255 e. The predicted molar refractivity (Wildman–Crippen MR) is 99.2 cm³/mol. The van der Waals surface area contributed by atoms with E-state index in [2.05, 4.69) is 41.3 Å². The number of nitrogens with zero attached hydrogens (tertiary/aromatic N) is 5. The van der Waals surface area contributed by atoms with Crippen LogP contribution in [0.1, 0.15) is 55.4 Å². The topological polar surface area (TPSA) is 77.6 Å². The van der Waals surface area contributed by atoms with Crippen molar-refractivity contribution in [2.75, 3.05) is 0 Å².